The first-order valence-electron chi connectivity index (χ1n) is 3.49. The van der Waals surface area contributed by atoms with Gasteiger partial charge >= 0.3 is 0 Å². The summed E-state index contributed by atoms with van der Waals surface area (Å²) in [6, 6.07) is 2.87. The molecule has 0 radical (unpaired) electrons. The normalized spacial score (nSPS) is 10.0. The topological polar surface area (TPSA) is 17.1 Å². The molecule has 12 heavy (non-hydrogen) atoms. The minimum absolute atomic E-state index is 0.0170. The molecule has 3 heteroatoms. The predicted octanol–water partition coefficient (Wildman–Crippen LogP) is 2.82. The van der Waals surface area contributed by atoms with E-state index in [1.807, 2.05) is 0 Å². The molecule has 0 saturated heterocycles. The molecule has 64 valence electrons. The minimum Gasteiger partial charge on any atom is -0.275 e. The van der Waals surface area contributed by atoms with Crippen LogP contribution in [0.25, 0.3) is 0 Å². The molecule has 1 aromatic carbocycles. The van der Waals surface area contributed by atoms with Gasteiger partial charge in [0.15, 0.2) is 0 Å². The lowest BCUT2D eigenvalue weighted by Gasteiger charge is -2.04. The van der Waals surface area contributed by atoms with Gasteiger partial charge in [0.05, 0.1) is 5.56 Å². The Morgan fingerprint density at radius 3 is 2.42 bits per heavy atom. The smallest absolute Gasteiger partial charge is 0.255 e. The van der Waals surface area contributed by atoms with Gasteiger partial charge < -0.3 is 0 Å². The molecule has 0 aliphatic rings. The molecule has 0 N–H and O–H groups in total. The van der Waals surface area contributed by atoms with E-state index in [4.69, 9.17) is 11.6 Å². The van der Waals surface area contributed by atoms with Crippen molar-refractivity contribution in [2.45, 2.75) is 13.8 Å². The zero-order chi connectivity index (χ0) is 9.30. The van der Waals surface area contributed by atoms with Crippen molar-refractivity contribution in [2.75, 3.05) is 0 Å². The first kappa shape index (κ1) is 9.20. The number of carbonyl (C=O) groups excluding carboxylic acids is 1. The van der Waals surface area contributed by atoms with Crippen molar-refractivity contribution in [3.05, 3.63) is 34.6 Å². The highest BCUT2D eigenvalue weighted by Gasteiger charge is 2.13. The lowest BCUT2D eigenvalue weighted by atomic mass is 10.0. The molecule has 0 fully saturated rings. The molecule has 0 saturated carbocycles. The van der Waals surface area contributed by atoms with Crippen molar-refractivity contribution in [3.8, 4) is 0 Å². The van der Waals surface area contributed by atoms with E-state index in [-0.39, 0.29) is 5.56 Å². The van der Waals surface area contributed by atoms with Crippen LogP contribution in [0.1, 0.15) is 21.5 Å². The fraction of sp³-hybridized carbons (Fsp3) is 0.222. The van der Waals surface area contributed by atoms with Crippen molar-refractivity contribution >= 4 is 16.8 Å². The van der Waals surface area contributed by atoms with Crippen molar-refractivity contribution < 1.29 is 9.18 Å². The van der Waals surface area contributed by atoms with E-state index in [2.05, 4.69) is 0 Å². The van der Waals surface area contributed by atoms with Crippen LogP contribution in [0.2, 0.25) is 0 Å². The number of benzene rings is 1. The van der Waals surface area contributed by atoms with Crippen LogP contribution in [0, 0.1) is 19.7 Å². The van der Waals surface area contributed by atoms with E-state index in [1.54, 1.807) is 19.9 Å². The van der Waals surface area contributed by atoms with Crippen LogP contribution in [0.15, 0.2) is 12.1 Å². The second kappa shape index (κ2) is 3.23. The highest BCUT2D eigenvalue weighted by atomic mass is 35.5. The van der Waals surface area contributed by atoms with Crippen molar-refractivity contribution in [2.24, 2.45) is 0 Å². The standard InChI is InChI=1S/C9H8ClFO/c1-5-3-4-7(11)8(6(5)2)9(10)12/h3-4H,1-2H3. The quantitative estimate of drug-likeness (QED) is 0.617. The Morgan fingerprint density at radius 2 is 2.00 bits per heavy atom. The molecule has 0 amide bonds. The Bertz CT molecular complexity index is 334. The summed E-state index contributed by atoms with van der Waals surface area (Å²) in [5, 5.41) is -0.742. The van der Waals surface area contributed by atoms with Crippen LogP contribution in [0.3, 0.4) is 0 Å². The molecule has 0 unspecified atom stereocenters. The molecule has 0 spiro atoms. The Balaban J connectivity index is 3.43. The summed E-state index contributed by atoms with van der Waals surface area (Å²) >= 11 is 5.21. The van der Waals surface area contributed by atoms with Gasteiger partial charge in [-0.2, -0.15) is 0 Å². The first-order valence-corrected chi connectivity index (χ1v) is 3.87. The molecule has 0 aliphatic carbocycles. The van der Waals surface area contributed by atoms with Crippen molar-refractivity contribution in [1.82, 2.24) is 0 Å². The average molecular weight is 187 g/mol. The molecule has 0 atom stereocenters. The summed E-state index contributed by atoms with van der Waals surface area (Å²) in [6.45, 7) is 3.48. The van der Waals surface area contributed by atoms with E-state index in [0.717, 1.165) is 5.56 Å². The first-order chi connectivity index (χ1) is 5.54. The van der Waals surface area contributed by atoms with Gasteiger partial charge in [-0.1, -0.05) is 6.07 Å². The van der Waals surface area contributed by atoms with Gasteiger partial charge in [-0.05, 0) is 42.6 Å². The lowest BCUT2D eigenvalue weighted by Crippen LogP contribution is -2.00. The van der Waals surface area contributed by atoms with Crippen LogP contribution >= 0.6 is 11.6 Å². The fourth-order valence-electron chi connectivity index (χ4n) is 1.02. The molecule has 0 heterocycles. The van der Waals surface area contributed by atoms with Crippen LogP contribution < -0.4 is 0 Å². The van der Waals surface area contributed by atoms with Gasteiger partial charge in [0.25, 0.3) is 5.24 Å². The molecule has 1 nitrogen and oxygen atoms in total. The molecule has 0 bridgehead atoms. The van der Waals surface area contributed by atoms with E-state index in [0.29, 0.717) is 5.56 Å². The monoisotopic (exact) mass is 186 g/mol. The summed E-state index contributed by atoms with van der Waals surface area (Å²) in [6.07, 6.45) is 0. The average Bonchev–Trinajstić information content (AvgIpc) is 1.97. The summed E-state index contributed by atoms with van der Waals surface area (Å²) in [4.78, 5) is 10.8. The maximum atomic E-state index is 13.0. The maximum absolute atomic E-state index is 13.0. The van der Waals surface area contributed by atoms with E-state index >= 15 is 0 Å². The van der Waals surface area contributed by atoms with E-state index in [1.165, 1.54) is 6.07 Å². The zero-order valence-electron chi connectivity index (χ0n) is 6.82. The van der Waals surface area contributed by atoms with Crippen molar-refractivity contribution in [1.29, 1.82) is 0 Å². The maximum Gasteiger partial charge on any atom is 0.255 e. The Labute approximate surface area is 75.2 Å². The predicted molar refractivity (Wildman–Crippen MR) is 46.1 cm³/mol. The molecule has 1 aromatic rings. The van der Waals surface area contributed by atoms with Crippen LogP contribution in [-0.2, 0) is 0 Å². The van der Waals surface area contributed by atoms with Gasteiger partial charge in [-0.25, -0.2) is 4.39 Å². The zero-order valence-corrected chi connectivity index (χ0v) is 7.57. The molecule has 1 rings (SSSR count). The molecular formula is C9H8ClFO. The number of aryl methyl sites for hydroxylation is 1. The van der Waals surface area contributed by atoms with Crippen molar-refractivity contribution in [3.63, 3.8) is 0 Å². The second-order valence-electron chi connectivity index (χ2n) is 2.64. The van der Waals surface area contributed by atoms with Crippen LogP contribution in [0.5, 0.6) is 0 Å². The number of rotatable bonds is 1. The number of hydrogen-bond acceptors (Lipinski definition) is 1. The summed E-state index contributed by atoms with van der Waals surface area (Å²) in [5.74, 6) is -0.557. The third-order valence-electron chi connectivity index (χ3n) is 1.88. The van der Waals surface area contributed by atoms with Crippen LogP contribution in [-0.4, -0.2) is 5.24 Å². The summed E-state index contributed by atoms with van der Waals surface area (Å²) in [7, 11) is 0. The Hall–Kier alpha value is -0.890. The number of carbonyl (C=O) groups is 1. The Kier molecular flexibility index (Phi) is 2.48. The third-order valence-corrected chi connectivity index (χ3v) is 2.07. The van der Waals surface area contributed by atoms with E-state index < -0.39 is 11.1 Å². The SMILES string of the molecule is Cc1ccc(F)c(C(=O)Cl)c1C. The molecular weight excluding hydrogens is 179 g/mol. The molecule has 0 aliphatic heterocycles. The van der Waals surface area contributed by atoms with Gasteiger partial charge in [0.1, 0.15) is 5.82 Å². The Morgan fingerprint density at radius 1 is 1.42 bits per heavy atom. The van der Waals surface area contributed by atoms with Gasteiger partial charge in [-0.3, -0.25) is 4.79 Å². The second-order valence-corrected chi connectivity index (χ2v) is 2.98. The highest BCUT2D eigenvalue weighted by Crippen LogP contribution is 2.18. The van der Waals surface area contributed by atoms with Gasteiger partial charge in [-0.15, -0.1) is 0 Å². The molecule has 0 aromatic heterocycles. The fourth-order valence-corrected chi connectivity index (χ4v) is 1.26. The van der Waals surface area contributed by atoms with Gasteiger partial charge in [0.2, 0.25) is 0 Å². The summed E-state index contributed by atoms with van der Waals surface area (Å²) < 4.78 is 13.0. The lowest BCUT2D eigenvalue weighted by molar-refractivity contribution is 0.107. The number of halogens is 2. The van der Waals surface area contributed by atoms with Gasteiger partial charge in [0, 0.05) is 0 Å². The number of hydrogen-bond donors (Lipinski definition) is 0. The van der Waals surface area contributed by atoms with E-state index in [9.17, 15) is 9.18 Å². The highest BCUT2D eigenvalue weighted by molar-refractivity contribution is 6.68. The summed E-state index contributed by atoms with van der Waals surface area (Å²) in [5.41, 5.74) is 1.45. The minimum atomic E-state index is -0.742. The third kappa shape index (κ3) is 1.48. The largest absolute Gasteiger partial charge is 0.275 e. The van der Waals surface area contributed by atoms with Crippen LogP contribution in [0.4, 0.5) is 4.39 Å².